The summed E-state index contributed by atoms with van der Waals surface area (Å²) in [6.45, 7) is 30.5. The van der Waals surface area contributed by atoms with Crippen LogP contribution in [0.1, 0.15) is 138 Å². The molecule has 5 heterocycles. The number of fused-ring (bicyclic) bond motifs is 1. The Bertz CT molecular complexity index is 946. The molecule has 4 aliphatic heterocycles. The van der Waals surface area contributed by atoms with E-state index in [0.29, 0.717) is 0 Å². The van der Waals surface area contributed by atoms with Crippen LogP contribution in [0.5, 0.6) is 0 Å². The molecule has 45 heavy (non-hydrogen) atoms. The van der Waals surface area contributed by atoms with Crippen molar-refractivity contribution in [3.05, 3.63) is 17.7 Å². The predicted octanol–water partition coefficient (Wildman–Crippen LogP) is 8.80. The van der Waals surface area contributed by atoms with Gasteiger partial charge in [-0.3, -0.25) is 0 Å². The van der Waals surface area contributed by atoms with Gasteiger partial charge in [-0.05, 0) is 167 Å². The first kappa shape index (κ1) is 36.9. The van der Waals surface area contributed by atoms with Gasteiger partial charge < -0.3 is 19.3 Å². The van der Waals surface area contributed by atoms with Gasteiger partial charge in [-0.2, -0.15) is 0 Å². The largest absolute Gasteiger partial charge is 0.332 e. The monoisotopic (exact) mass is 626 g/mol. The highest BCUT2D eigenvalue weighted by Gasteiger charge is 2.29. The second-order valence-electron chi connectivity index (χ2n) is 16.7. The van der Waals surface area contributed by atoms with Crippen molar-refractivity contribution in [3.8, 4) is 0 Å². The van der Waals surface area contributed by atoms with Crippen molar-refractivity contribution in [3.63, 3.8) is 0 Å². The molecule has 0 bridgehead atoms. The number of aromatic nitrogens is 2. The molecule has 0 saturated carbocycles. The van der Waals surface area contributed by atoms with E-state index >= 15 is 0 Å². The van der Waals surface area contributed by atoms with Crippen LogP contribution in [0, 0.1) is 35.5 Å². The lowest BCUT2D eigenvalue weighted by Crippen LogP contribution is -2.43. The summed E-state index contributed by atoms with van der Waals surface area (Å²) in [6.07, 6.45) is 18.4. The van der Waals surface area contributed by atoms with Crippen LogP contribution >= 0.6 is 0 Å². The molecule has 4 aliphatic rings. The fraction of sp³-hybridized carbons (Fsp3) is 0.925. The summed E-state index contributed by atoms with van der Waals surface area (Å²) in [6, 6.07) is 2.29. The molecule has 260 valence electrons. The van der Waals surface area contributed by atoms with E-state index in [1.807, 2.05) is 0 Å². The van der Waals surface area contributed by atoms with Crippen LogP contribution in [0.25, 0.3) is 0 Å². The topological polar surface area (TPSA) is 27.5 Å². The second kappa shape index (κ2) is 18.0. The van der Waals surface area contributed by atoms with Crippen molar-refractivity contribution >= 4 is 0 Å². The van der Waals surface area contributed by atoms with E-state index in [-0.39, 0.29) is 0 Å². The molecule has 1 aromatic rings. The Morgan fingerprint density at radius 2 is 1.20 bits per heavy atom. The van der Waals surface area contributed by atoms with Crippen molar-refractivity contribution in [2.75, 3.05) is 39.3 Å². The number of rotatable bonds is 11. The molecule has 5 rings (SSSR count). The normalized spacial score (nSPS) is 25.6. The van der Waals surface area contributed by atoms with Crippen LogP contribution in [0.4, 0.5) is 0 Å². The third kappa shape index (κ3) is 10.5. The van der Waals surface area contributed by atoms with E-state index in [4.69, 9.17) is 4.98 Å². The molecule has 4 unspecified atom stereocenters. The Morgan fingerprint density at radius 1 is 0.644 bits per heavy atom. The van der Waals surface area contributed by atoms with Gasteiger partial charge >= 0.3 is 0 Å². The Hall–Kier alpha value is -0.910. The van der Waals surface area contributed by atoms with Crippen LogP contribution in [-0.2, 0) is 19.4 Å². The maximum absolute atomic E-state index is 4.83. The van der Waals surface area contributed by atoms with E-state index in [1.165, 1.54) is 134 Å². The lowest BCUT2D eigenvalue weighted by Gasteiger charge is -2.40. The molecular formula is C40H75N5. The molecule has 1 aromatic heterocycles. The Labute approximate surface area is 280 Å². The van der Waals surface area contributed by atoms with Crippen molar-refractivity contribution in [2.45, 2.75) is 164 Å². The smallest absolute Gasteiger partial charge is 0.109 e. The van der Waals surface area contributed by atoms with E-state index < -0.39 is 0 Å². The molecule has 0 spiro atoms. The fourth-order valence-corrected chi connectivity index (χ4v) is 9.01. The van der Waals surface area contributed by atoms with Crippen LogP contribution < -0.4 is 0 Å². The SMILES string of the molecule is CC(C)C1CCN(C(C)CC2CCN(C(C)C)CC2)CC1.CCC(C)C1CCn2c(cnc2CC2CCN(C(C)CC)CC2)C1. The molecular weight excluding hydrogens is 550 g/mol. The summed E-state index contributed by atoms with van der Waals surface area (Å²) in [7, 11) is 0. The molecule has 0 N–H and O–H groups in total. The maximum atomic E-state index is 4.83. The first-order valence-electron chi connectivity index (χ1n) is 19.8. The molecule has 5 nitrogen and oxygen atoms in total. The minimum absolute atomic E-state index is 0.735. The molecule has 5 heteroatoms. The van der Waals surface area contributed by atoms with Crippen LogP contribution in [-0.4, -0.2) is 81.6 Å². The third-order valence-electron chi connectivity index (χ3n) is 13.2. The van der Waals surface area contributed by atoms with Gasteiger partial charge in [-0.1, -0.05) is 41.0 Å². The summed E-state index contributed by atoms with van der Waals surface area (Å²) in [5.74, 6) is 6.75. The molecule has 3 fully saturated rings. The number of piperidine rings is 3. The minimum atomic E-state index is 0.735. The van der Waals surface area contributed by atoms with E-state index in [2.05, 4.69) is 87.8 Å². The van der Waals surface area contributed by atoms with Crippen LogP contribution in [0.3, 0.4) is 0 Å². The molecule has 0 amide bonds. The van der Waals surface area contributed by atoms with Crippen molar-refractivity contribution in [1.29, 1.82) is 0 Å². The predicted molar refractivity (Wildman–Crippen MR) is 194 cm³/mol. The Balaban J connectivity index is 0.000000207. The minimum Gasteiger partial charge on any atom is -0.332 e. The van der Waals surface area contributed by atoms with Gasteiger partial charge in [-0.15, -0.1) is 0 Å². The first-order valence-corrected chi connectivity index (χ1v) is 19.8. The average Bonchev–Trinajstić information content (AvgIpc) is 3.46. The van der Waals surface area contributed by atoms with Gasteiger partial charge in [0.05, 0.1) is 0 Å². The van der Waals surface area contributed by atoms with Crippen molar-refractivity contribution < 1.29 is 0 Å². The number of hydrogen-bond acceptors (Lipinski definition) is 4. The van der Waals surface area contributed by atoms with E-state index in [0.717, 1.165) is 53.6 Å². The summed E-state index contributed by atoms with van der Waals surface area (Å²) < 4.78 is 2.56. The molecule has 4 atom stereocenters. The Morgan fingerprint density at radius 3 is 1.78 bits per heavy atom. The van der Waals surface area contributed by atoms with Crippen LogP contribution in [0.15, 0.2) is 6.20 Å². The standard InChI is InChI=1S/C21H37N3.C19H38N2/c1-5-16(3)19-9-12-24-20(14-19)15-22-21(24)13-18-7-10-23(11-8-18)17(4)6-2;1-15(2)19-8-12-21(13-9-19)17(5)14-18-6-10-20(11-7-18)16(3)4/h15-19H,5-14H2,1-4H3;15-19H,6-14H2,1-5H3. The zero-order chi connectivity index (χ0) is 32.5. The van der Waals surface area contributed by atoms with E-state index in [1.54, 1.807) is 0 Å². The van der Waals surface area contributed by atoms with Gasteiger partial charge in [0, 0.05) is 43.0 Å². The van der Waals surface area contributed by atoms with Gasteiger partial charge in [0.2, 0.25) is 0 Å². The Kier molecular flexibility index (Phi) is 14.8. The third-order valence-corrected chi connectivity index (χ3v) is 13.2. The second-order valence-corrected chi connectivity index (χ2v) is 16.7. The molecule has 0 radical (unpaired) electrons. The quantitative estimate of drug-likeness (QED) is 0.246. The molecule has 3 saturated heterocycles. The van der Waals surface area contributed by atoms with Gasteiger partial charge in [0.25, 0.3) is 0 Å². The first-order chi connectivity index (χ1) is 21.6. The number of nitrogens with zero attached hydrogens (tertiary/aromatic N) is 5. The van der Waals surface area contributed by atoms with E-state index in [9.17, 15) is 0 Å². The van der Waals surface area contributed by atoms with Crippen molar-refractivity contribution in [1.82, 2.24) is 24.3 Å². The van der Waals surface area contributed by atoms with Crippen molar-refractivity contribution in [2.24, 2.45) is 35.5 Å². The fourth-order valence-electron chi connectivity index (χ4n) is 9.01. The zero-order valence-electron chi connectivity index (χ0n) is 31.4. The summed E-state index contributed by atoms with van der Waals surface area (Å²) in [5.41, 5.74) is 1.50. The zero-order valence-corrected chi connectivity index (χ0v) is 31.4. The molecule has 0 aliphatic carbocycles. The average molecular weight is 626 g/mol. The lowest BCUT2D eigenvalue weighted by molar-refractivity contribution is 0.0885. The highest BCUT2D eigenvalue weighted by atomic mass is 15.2. The van der Waals surface area contributed by atoms with Gasteiger partial charge in [-0.25, -0.2) is 4.98 Å². The lowest BCUT2D eigenvalue weighted by atomic mass is 9.83. The molecule has 0 aromatic carbocycles. The summed E-state index contributed by atoms with van der Waals surface area (Å²) in [5, 5.41) is 0. The number of hydrogen-bond donors (Lipinski definition) is 0. The number of likely N-dealkylation sites (tertiary alicyclic amines) is 3. The maximum Gasteiger partial charge on any atom is 0.109 e. The summed E-state index contributed by atoms with van der Waals surface area (Å²) in [4.78, 5) is 12.9. The summed E-state index contributed by atoms with van der Waals surface area (Å²) >= 11 is 0. The highest BCUT2D eigenvalue weighted by Crippen LogP contribution is 2.32. The van der Waals surface area contributed by atoms with Gasteiger partial charge in [0.1, 0.15) is 5.82 Å². The number of imidazole rings is 1. The van der Waals surface area contributed by atoms with Crippen LogP contribution in [0.2, 0.25) is 0 Å². The highest BCUT2D eigenvalue weighted by molar-refractivity contribution is 5.10. The van der Waals surface area contributed by atoms with Gasteiger partial charge in [0.15, 0.2) is 0 Å².